The first-order valence-electron chi connectivity index (χ1n) is 11.7. The molecule has 0 saturated carbocycles. The zero-order valence-electron chi connectivity index (χ0n) is 20.9. The van der Waals surface area contributed by atoms with Crippen LogP contribution in [0.25, 0.3) is 0 Å². The van der Waals surface area contributed by atoms with Gasteiger partial charge in [-0.25, -0.2) is 12.8 Å². The van der Waals surface area contributed by atoms with E-state index in [0.717, 1.165) is 10.6 Å². The molecule has 0 aliphatic heterocycles. The molecule has 0 bridgehead atoms. The van der Waals surface area contributed by atoms with E-state index in [1.807, 2.05) is 18.2 Å². The van der Waals surface area contributed by atoms with E-state index in [4.69, 9.17) is 4.74 Å². The first-order valence-corrected chi connectivity index (χ1v) is 13.5. The molecule has 1 N–H and O–H groups in total. The first kappa shape index (κ1) is 27.7. The summed E-state index contributed by atoms with van der Waals surface area (Å²) in [6.07, 6.45) is 1.31. The summed E-state index contributed by atoms with van der Waals surface area (Å²) in [6.45, 7) is 1.24. The number of ether oxygens (including phenoxy) is 1. The van der Waals surface area contributed by atoms with E-state index in [0.29, 0.717) is 23.5 Å². The summed E-state index contributed by atoms with van der Waals surface area (Å²) < 4.78 is 45.5. The Kier molecular flexibility index (Phi) is 9.24. The maximum Gasteiger partial charge on any atom is 0.244 e. The van der Waals surface area contributed by atoms with E-state index in [-0.39, 0.29) is 18.1 Å². The van der Waals surface area contributed by atoms with Crippen molar-refractivity contribution in [3.8, 4) is 11.5 Å². The Bertz CT molecular complexity index is 1300. The number of hydrogen-bond donors (Lipinski definition) is 1. The van der Waals surface area contributed by atoms with Crippen LogP contribution >= 0.6 is 0 Å². The number of para-hydroxylation sites is 1. The van der Waals surface area contributed by atoms with E-state index in [1.165, 1.54) is 36.2 Å². The minimum Gasteiger partial charge on any atom is -0.457 e. The van der Waals surface area contributed by atoms with Crippen molar-refractivity contribution in [3.05, 3.63) is 90.2 Å². The third-order valence-corrected chi connectivity index (χ3v) is 6.82. The molecule has 0 fully saturated rings. The quantitative estimate of drug-likeness (QED) is 0.408. The highest BCUT2D eigenvalue weighted by Crippen LogP contribution is 2.26. The van der Waals surface area contributed by atoms with E-state index in [9.17, 15) is 22.4 Å². The lowest BCUT2D eigenvalue weighted by atomic mass is 10.1. The summed E-state index contributed by atoms with van der Waals surface area (Å²) in [5, 5.41) is 2.55. The van der Waals surface area contributed by atoms with Gasteiger partial charge in [0.05, 0.1) is 11.9 Å². The van der Waals surface area contributed by atoms with E-state index < -0.39 is 34.3 Å². The molecule has 10 heteroatoms. The minimum atomic E-state index is -3.86. The number of anilines is 1. The number of amides is 2. The molecule has 0 saturated heterocycles. The van der Waals surface area contributed by atoms with Crippen molar-refractivity contribution >= 4 is 27.5 Å². The molecule has 0 radical (unpaired) electrons. The number of benzene rings is 3. The van der Waals surface area contributed by atoms with Crippen LogP contribution in [-0.4, -0.2) is 51.0 Å². The lowest BCUT2D eigenvalue weighted by Gasteiger charge is -2.32. The lowest BCUT2D eigenvalue weighted by molar-refractivity contribution is -0.140. The molecule has 3 aromatic rings. The zero-order chi connectivity index (χ0) is 27.0. The van der Waals surface area contributed by atoms with Gasteiger partial charge in [-0.05, 0) is 60.5 Å². The zero-order valence-corrected chi connectivity index (χ0v) is 21.7. The molecule has 2 amide bonds. The Morgan fingerprint density at radius 2 is 1.54 bits per heavy atom. The van der Waals surface area contributed by atoms with Crippen molar-refractivity contribution in [2.24, 2.45) is 0 Å². The fraction of sp³-hybridized carbons (Fsp3) is 0.259. The number of likely N-dealkylation sites (N-methyl/N-ethyl adjacent to an activating group) is 1. The van der Waals surface area contributed by atoms with Gasteiger partial charge in [0.15, 0.2) is 0 Å². The monoisotopic (exact) mass is 527 g/mol. The summed E-state index contributed by atoms with van der Waals surface area (Å²) >= 11 is 0. The summed E-state index contributed by atoms with van der Waals surface area (Å²) in [4.78, 5) is 27.4. The van der Waals surface area contributed by atoms with E-state index in [1.54, 1.807) is 43.3 Å². The molecule has 1 unspecified atom stereocenters. The van der Waals surface area contributed by atoms with Crippen molar-refractivity contribution in [1.29, 1.82) is 0 Å². The molecule has 0 aliphatic carbocycles. The third-order valence-electron chi connectivity index (χ3n) is 5.68. The van der Waals surface area contributed by atoms with Crippen LogP contribution in [0.2, 0.25) is 0 Å². The normalized spacial score (nSPS) is 11.9. The Hall–Kier alpha value is -3.92. The smallest absolute Gasteiger partial charge is 0.244 e. The molecule has 3 aromatic carbocycles. The molecule has 8 nitrogen and oxygen atoms in total. The average molecular weight is 528 g/mol. The van der Waals surface area contributed by atoms with Crippen molar-refractivity contribution in [2.75, 3.05) is 24.2 Å². The number of rotatable bonds is 11. The number of nitrogens with zero attached hydrogens (tertiary/aromatic N) is 2. The molecule has 1 atom stereocenters. The average Bonchev–Trinajstić information content (AvgIpc) is 2.88. The van der Waals surface area contributed by atoms with Crippen LogP contribution in [0, 0.1) is 5.82 Å². The second-order valence-corrected chi connectivity index (χ2v) is 10.3. The van der Waals surface area contributed by atoms with Crippen molar-refractivity contribution < 1.29 is 27.1 Å². The standard InChI is InChI=1S/C27H30FN3O5S/c1-4-25(27(33)29-2)30(18-20-10-12-21(28)13-11-20)26(32)19-31(37(3,34)35)22-14-16-24(17-15-22)36-23-8-6-5-7-9-23/h5-17,25H,4,18-19H2,1-3H3,(H,29,33). The number of carbonyl (C=O) groups excluding carboxylic acids is 2. The van der Waals surface area contributed by atoms with Crippen LogP contribution in [0.1, 0.15) is 18.9 Å². The summed E-state index contributed by atoms with van der Waals surface area (Å²) in [6, 6.07) is 20.2. The highest BCUT2D eigenvalue weighted by atomic mass is 32.2. The summed E-state index contributed by atoms with van der Waals surface area (Å²) in [5.74, 6) is -0.260. The SMILES string of the molecule is CCC(C(=O)NC)N(Cc1ccc(F)cc1)C(=O)CN(c1ccc(Oc2ccccc2)cc1)S(C)(=O)=O. The molecule has 0 spiro atoms. The van der Waals surface area contributed by atoms with Crippen molar-refractivity contribution in [1.82, 2.24) is 10.2 Å². The summed E-state index contributed by atoms with van der Waals surface area (Å²) in [7, 11) is -2.39. The maximum atomic E-state index is 13.5. The maximum absolute atomic E-state index is 13.5. The second kappa shape index (κ2) is 12.4. The van der Waals surface area contributed by atoms with Gasteiger partial charge in [-0.15, -0.1) is 0 Å². The topological polar surface area (TPSA) is 96.0 Å². The second-order valence-electron chi connectivity index (χ2n) is 8.37. The van der Waals surface area contributed by atoms with Crippen LogP contribution in [0.4, 0.5) is 10.1 Å². The number of carbonyl (C=O) groups is 2. The summed E-state index contributed by atoms with van der Waals surface area (Å²) in [5.41, 5.74) is 0.872. The largest absolute Gasteiger partial charge is 0.457 e. The lowest BCUT2D eigenvalue weighted by Crippen LogP contribution is -2.51. The fourth-order valence-electron chi connectivity index (χ4n) is 3.79. The van der Waals surface area contributed by atoms with Crippen LogP contribution in [0.5, 0.6) is 11.5 Å². The van der Waals surface area contributed by atoms with Gasteiger partial charge in [-0.3, -0.25) is 13.9 Å². The Morgan fingerprint density at radius 3 is 2.08 bits per heavy atom. The molecule has 0 aromatic heterocycles. The van der Waals surface area contributed by atoms with Crippen molar-refractivity contribution in [2.45, 2.75) is 25.9 Å². The molecule has 0 heterocycles. The van der Waals surface area contributed by atoms with Gasteiger partial charge in [0.1, 0.15) is 29.9 Å². The first-order chi connectivity index (χ1) is 17.6. The molecule has 37 heavy (non-hydrogen) atoms. The number of hydrogen-bond acceptors (Lipinski definition) is 5. The van der Waals surface area contributed by atoms with Crippen LogP contribution in [-0.2, 0) is 26.2 Å². The van der Waals surface area contributed by atoms with Gasteiger partial charge in [0, 0.05) is 13.6 Å². The predicted octanol–water partition coefficient (Wildman–Crippen LogP) is 3.94. The fourth-order valence-corrected chi connectivity index (χ4v) is 4.64. The van der Waals surface area contributed by atoms with Gasteiger partial charge >= 0.3 is 0 Å². The van der Waals surface area contributed by atoms with Crippen LogP contribution in [0.15, 0.2) is 78.9 Å². The number of halogens is 1. The van der Waals surface area contributed by atoms with Crippen molar-refractivity contribution in [3.63, 3.8) is 0 Å². The molecular weight excluding hydrogens is 497 g/mol. The number of nitrogens with one attached hydrogen (secondary N) is 1. The van der Waals surface area contributed by atoms with E-state index >= 15 is 0 Å². The van der Waals surface area contributed by atoms with Gasteiger partial charge < -0.3 is 15.0 Å². The van der Waals surface area contributed by atoms with Gasteiger partial charge in [0.2, 0.25) is 21.8 Å². The molecule has 196 valence electrons. The van der Waals surface area contributed by atoms with Gasteiger partial charge in [-0.1, -0.05) is 37.3 Å². The molecule has 0 aliphatic rings. The molecular formula is C27H30FN3O5S. The van der Waals surface area contributed by atoms with E-state index in [2.05, 4.69) is 5.32 Å². The Balaban J connectivity index is 1.87. The highest BCUT2D eigenvalue weighted by molar-refractivity contribution is 7.92. The molecule has 3 rings (SSSR count). The Morgan fingerprint density at radius 1 is 0.946 bits per heavy atom. The van der Waals surface area contributed by atoms with Gasteiger partial charge in [-0.2, -0.15) is 0 Å². The third kappa shape index (κ3) is 7.53. The van der Waals surface area contributed by atoms with Crippen LogP contribution in [0.3, 0.4) is 0 Å². The van der Waals surface area contributed by atoms with Gasteiger partial charge in [0.25, 0.3) is 0 Å². The van der Waals surface area contributed by atoms with Crippen LogP contribution < -0.4 is 14.4 Å². The minimum absolute atomic E-state index is 0.00644. The Labute approximate surface area is 216 Å². The number of sulfonamides is 1. The highest BCUT2D eigenvalue weighted by Gasteiger charge is 2.31. The predicted molar refractivity (Wildman–Crippen MR) is 140 cm³/mol.